The zero-order valence-corrected chi connectivity index (χ0v) is 15.1. The molecule has 25 heavy (non-hydrogen) atoms. The molecule has 0 spiro atoms. The number of nitrogens with two attached hydrogens (primary N) is 1. The summed E-state index contributed by atoms with van der Waals surface area (Å²) in [7, 11) is 0. The normalized spacial score (nSPS) is 11.9. The van der Waals surface area contributed by atoms with Crippen LogP contribution in [0.25, 0.3) is 10.9 Å². The van der Waals surface area contributed by atoms with Crippen LogP contribution in [0.4, 0.5) is 0 Å². The molecule has 0 aliphatic carbocycles. The van der Waals surface area contributed by atoms with Gasteiger partial charge in [-0.3, -0.25) is 4.79 Å². The number of amides is 1. The van der Waals surface area contributed by atoms with E-state index >= 15 is 0 Å². The van der Waals surface area contributed by atoms with Crippen molar-refractivity contribution in [3.05, 3.63) is 60.2 Å². The van der Waals surface area contributed by atoms with Crippen LogP contribution in [-0.2, 0) is 24.3 Å². The molecule has 0 aliphatic rings. The zero-order valence-electron chi connectivity index (χ0n) is 14.3. The van der Waals surface area contributed by atoms with Crippen molar-refractivity contribution in [1.29, 1.82) is 0 Å². The van der Waals surface area contributed by atoms with Crippen LogP contribution < -0.4 is 11.1 Å². The molecule has 0 fully saturated rings. The average molecular weight is 362 g/mol. The van der Waals surface area contributed by atoms with E-state index in [1.165, 1.54) is 10.9 Å². The lowest BCUT2D eigenvalue weighted by atomic mass is 10.0. The number of carbonyl (C=O) groups excluding carboxylic acids is 1. The molecule has 0 saturated carbocycles. The summed E-state index contributed by atoms with van der Waals surface area (Å²) in [6.45, 7) is 2.77. The fourth-order valence-corrected chi connectivity index (χ4v) is 2.85. The molecule has 3 rings (SSSR count). The lowest BCUT2D eigenvalue weighted by Crippen LogP contribution is -2.26. The summed E-state index contributed by atoms with van der Waals surface area (Å²) >= 11 is 0. The number of aromatic nitrogens is 1. The maximum absolute atomic E-state index is 12.2. The van der Waals surface area contributed by atoms with Crippen molar-refractivity contribution in [1.82, 2.24) is 9.88 Å². The topological polar surface area (TPSA) is 73.2 Å². The Morgan fingerprint density at radius 3 is 2.80 bits per heavy atom. The Balaban J connectivity index is 0.00000225. The Hall–Kier alpha value is -2.24. The van der Waals surface area contributed by atoms with Crippen LogP contribution in [0, 0.1) is 0 Å². The van der Waals surface area contributed by atoms with Gasteiger partial charge in [-0.25, -0.2) is 0 Å². The van der Waals surface area contributed by atoms with Crippen molar-refractivity contribution >= 4 is 29.2 Å². The minimum atomic E-state index is -0.0431. The van der Waals surface area contributed by atoms with Gasteiger partial charge in [-0.15, -0.1) is 12.4 Å². The molecular formula is C19H24ClN3O2. The number of nitrogens with one attached hydrogen (secondary N) is 1. The van der Waals surface area contributed by atoms with E-state index in [2.05, 4.69) is 18.3 Å². The Labute approximate surface area is 153 Å². The molecular weight excluding hydrogens is 338 g/mol. The second-order valence-corrected chi connectivity index (χ2v) is 6.03. The Kier molecular flexibility index (Phi) is 6.67. The second-order valence-electron chi connectivity index (χ2n) is 6.03. The van der Waals surface area contributed by atoms with E-state index < -0.39 is 0 Å². The van der Waals surface area contributed by atoms with Gasteiger partial charge in [0.1, 0.15) is 12.3 Å². The van der Waals surface area contributed by atoms with E-state index in [1.54, 1.807) is 6.26 Å². The lowest BCUT2D eigenvalue weighted by Gasteiger charge is -2.07. The van der Waals surface area contributed by atoms with Gasteiger partial charge in [0.05, 0.1) is 12.8 Å². The quantitative estimate of drug-likeness (QED) is 0.678. The van der Waals surface area contributed by atoms with Gasteiger partial charge in [0.25, 0.3) is 0 Å². The number of fused-ring (bicyclic) bond motifs is 1. The number of rotatable bonds is 7. The van der Waals surface area contributed by atoms with Gasteiger partial charge in [-0.05, 0) is 36.6 Å². The fraction of sp³-hybridized carbons (Fsp3) is 0.316. The van der Waals surface area contributed by atoms with E-state index in [9.17, 15) is 4.79 Å². The zero-order chi connectivity index (χ0) is 16.9. The number of benzene rings is 1. The summed E-state index contributed by atoms with van der Waals surface area (Å²) in [5.74, 6) is 0.703. The van der Waals surface area contributed by atoms with Crippen molar-refractivity contribution in [2.45, 2.75) is 38.9 Å². The van der Waals surface area contributed by atoms with E-state index in [0.29, 0.717) is 6.54 Å². The number of halogens is 1. The first-order valence-electron chi connectivity index (χ1n) is 8.28. The lowest BCUT2D eigenvalue weighted by molar-refractivity contribution is -0.121. The third-order valence-electron chi connectivity index (χ3n) is 4.23. The van der Waals surface area contributed by atoms with Crippen molar-refractivity contribution in [3.63, 3.8) is 0 Å². The van der Waals surface area contributed by atoms with E-state index in [-0.39, 0.29) is 30.9 Å². The van der Waals surface area contributed by atoms with Crippen LogP contribution in [0.2, 0.25) is 0 Å². The van der Waals surface area contributed by atoms with Gasteiger partial charge >= 0.3 is 0 Å². The Morgan fingerprint density at radius 1 is 1.28 bits per heavy atom. The number of furan rings is 1. The molecule has 1 amide bonds. The molecule has 2 heterocycles. The molecule has 2 aromatic heterocycles. The molecule has 3 aromatic rings. The highest BCUT2D eigenvalue weighted by atomic mass is 35.5. The van der Waals surface area contributed by atoms with Crippen LogP contribution in [0.15, 0.2) is 53.3 Å². The SMILES string of the molecule is CCC(N)Cc1cn(CC(=O)NCc2ccco2)c2ccccc12.Cl. The number of carbonyl (C=O) groups is 1. The van der Waals surface area contributed by atoms with Gasteiger partial charge in [-0.2, -0.15) is 0 Å². The van der Waals surface area contributed by atoms with Crippen molar-refractivity contribution in [2.24, 2.45) is 5.73 Å². The van der Waals surface area contributed by atoms with E-state index in [1.807, 2.05) is 41.1 Å². The highest BCUT2D eigenvalue weighted by molar-refractivity contribution is 5.86. The molecule has 0 saturated heterocycles. The first kappa shape index (κ1) is 19.1. The minimum absolute atomic E-state index is 0. The molecule has 5 nitrogen and oxygen atoms in total. The second kappa shape index (κ2) is 8.74. The Morgan fingerprint density at radius 2 is 2.08 bits per heavy atom. The third-order valence-corrected chi connectivity index (χ3v) is 4.23. The highest BCUT2D eigenvalue weighted by Crippen LogP contribution is 2.22. The number of nitrogens with zero attached hydrogens (tertiary/aromatic N) is 1. The van der Waals surface area contributed by atoms with Crippen molar-refractivity contribution in [3.8, 4) is 0 Å². The standard InChI is InChI=1S/C19H23N3O2.ClH/c1-2-15(20)10-14-12-22(18-8-4-3-7-17(14)18)13-19(23)21-11-16-6-5-9-24-16;/h3-9,12,15H,2,10-11,13,20H2,1H3,(H,21,23);1H. The predicted octanol–water partition coefficient (Wildman–Crippen LogP) is 3.25. The van der Waals surface area contributed by atoms with Crippen molar-refractivity contribution in [2.75, 3.05) is 0 Å². The summed E-state index contributed by atoms with van der Waals surface area (Å²) in [6, 6.07) is 11.9. The highest BCUT2D eigenvalue weighted by Gasteiger charge is 2.13. The fourth-order valence-electron chi connectivity index (χ4n) is 2.85. The number of hydrogen-bond acceptors (Lipinski definition) is 3. The van der Waals surface area contributed by atoms with Crippen molar-refractivity contribution < 1.29 is 9.21 Å². The van der Waals surface area contributed by atoms with Crippen LogP contribution >= 0.6 is 12.4 Å². The third kappa shape index (κ3) is 4.65. The van der Waals surface area contributed by atoms with Crippen LogP contribution in [0.3, 0.4) is 0 Å². The van der Waals surface area contributed by atoms with Crippen LogP contribution in [0.1, 0.15) is 24.7 Å². The molecule has 1 aromatic carbocycles. The average Bonchev–Trinajstić information content (AvgIpc) is 3.22. The smallest absolute Gasteiger partial charge is 0.240 e. The van der Waals surface area contributed by atoms with Gasteiger partial charge in [-0.1, -0.05) is 25.1 Å². The summed E-state index contributed by atoms with van der Waals surface area (Å²) in [4.78, 5) is 12.2. The largest absolute Gasteiger partial charge is 0.467 e. The molecule has 1 unspecified atom stereocenters. The summed E-state index contributed by atoms with van der Waals surface area (Å²) in [6.07, 6.45) is 5.40. The monoisotopic (exact) mass is 361 g/mol. The summed E-state index contributed by atoms with van der Waals surface area (Å²) in [5, 5.41) is 4.05. The molecule has 3 N–H and O–H groups in total. The molecule has 0 bridgehead atoms. The molecule has 0 radical (unpaired) electrons. The predicted molar refractivity (Wildman–Crippen MR) is 102 cm³/mol. The van der Waals surface area contributed by atoms with Gasteiger partial charge in [0, 0.05) is 23.1 Å². The van der Waals surface area contributed by atoms with Gasteiger partial charge in [0.15, 0.2) is 0 Å². The maximum Gasteiger partial charge on any atom is 0.240 e. The first-order chi connectivity index (χ1) is 11.7. The minimum Gasteiger partial charge on any atom is -0.467 e. The number of para-hydroxylation sites is 1. The van der Waals surface area contributed by atoms with Gasteiger partial charge < -0.3 is 20.0 Å². The maximum atomic E-state index is 12.2. The molecule has 6 heteroatoms. The number of hydrogen-bond donors (Lipinski definition) is 2. The van der Waals surface area contributed by atoms with Crippen LogP contribution in [-0.4, -0.2) is 16.5 Å². The first-order valence-corrected chi connectivity index (χ1v) is 8.28. The summed E-state index contributed by atoms with van der Waals surface area (Å²) in [5.41, 5.74) is 8.36. The molecule has 0 aliphatic heterocycles. The Bertz CT molecular complexity index is 811. The van der Waals surface area contributed by atoms with Crippen LogP contribution in [0.5, 0.6) is 0 Å². The molecule has 134 valence electrons. The van der Waals surface area contributed by atoms with E-state index in [0.717, 1.165) is 24.1 Å². The molecule has 1 atom stereocenters. The summed E-state index contributed by atoms with van der Waals surface area (Å²) < 4.78 is 7.22. The van der Waals surface area contributed by atoms with Gasteiger partial charge in [0.2, 0.25) is 5.91 Å². The van der Waals surface area contributed by atoms with E-state index in [4.69, 9.17) is 10.2 Å².